The fourth-order valence-corrected chi connectivity index (χ4v) is 7.13. The van der Waals surface area contributed by atoms with Crippen molar-refractivity contribution in [1.82, 2.24) is 0 Å². The van der Waals surface area contributed by atoms with Gasteiger partial charge in [0.1, 0.15) is 10.5 Å². The maximum Gasteiger partial charge on any atom is 0.214 e. The molecule has 2 atom stereocenters. The van der Waals surface area contributed by atoms with Crippen molar-refractivity contribution in [2.45, 2.75) is 64.1 Å². The van der Waals surface area contributed by atoms with Gasteiger partial charge in [0, 0.05) is 6.42 Å². The Morgan fingerprint density at radius 2 is 1.80 bits per heavy atom. The number of allylic oxidation sites excluding steroid dienone is 2. The van der Waals surface area contributed by atoms with E-state index in [-0.39, 0.29) is 0 Å². The first-order valence-electron chi connectivity index (χ1n) is 9.45. The lowest BCUT2D eigenvalue weighted by Gasteiger charge is -2.44. The summed E-state index contributed by atoms with van der Waals surface area (Å²) >= 11 is 0. The Morgan fingerprint density at radius 1 is 1.20 bits per heavy atom. The topological polar surface area (TPSA) is 27.7 Å². The van der Waals surface area contributed by atoms with E-state index in [0.29, 0.717) is 22.5 Å². The smallest absolute Gasteiger partial charge is 0.214 e. The van der Waals surface area contributed by atoms with E-state index in [4.69, 9.17) is 13.3 Å². The minimum Gasteiger partial charge on any atom is -0.423 e. The van der Waals surface area contributed by atoms with E-state index in [2.05, 4.69) is 51.5 Å². The van der Waals surface area contributed by atoms with Crippen LogP contribution in [0.3, 0.4) is 0 Å². The second kappa shape index (κ2) is 7.78. The Morgan fingerprint density at radius 3 is 2.16 bits per heavy atom. The van der Waals surface area contributed by atoms with Crippen molar-refractivity contribution in [1.29, 1.82) is 0 Å². The fourth-order valence-electron chi connectivity index (χ4n) is 4.12. The largest absolute Gasteiger partial charge is 0.423 e. The molecule has 2 rings (SSSR count). The highest BCUT2D eigenvalue weighted by atomic mass is 28.4. The van der Waals surface area contributed by atoms with Gasteiger partial charge in [0.2, 0.25) is 16.6 Å². The molecule has 0 aromatic rings. The molecule has 1 saturated carbocycles. The molecule has 0 amide bonds. The molecular formula is C19H36O3Si3. The molecule has 0 radical (unpaired) electrons. The Labute approximate surface area is 159 Å². The van der Waals surface area contributed by atoms with Gasteiger partial charge in [-0.3, -0.25) is 0 Å². The summed E-state index contributed by atoms with van der Waals surface area (Å²) in [7, 11) is -3.36. The van der Waals surface area contributed by atoms with Gasteiger partial charge in [-0.05, 0) is 63.2 Å². The maximum absolute atomic E-state index is 6.67. The molecule has 2 aliphatic rings. The van der Waals surface area contributed by atoms with Gasteiger partial charge in [-0.2, -0.15) is 0 Å². The summed E-state index contributed by atoms with van der Waals surface area (Å²) in [6, 6.07) is 0. The summed E-state index contributed by atoms with van der Waals surface area (Å²) in [6.45, 7) is 17.2. The lowest BCUT2D eigenvalue weighted by molar-refractivity contribution is -0.157. The summed E-state index contributed by atoms with van der Waals surface area (Å²) in [5.41, 5.74) is 4.33. The summed E-state index contributed by atoms with van der Waals surface area (Å²) in [4.78, 5) is 0. The van der Waals surface area contributed by atoms with Crippen molar-refractivity contribution in [2.75, 3.05) is 6.61 Å². The van der Waals surface area contributed by atoms with Crippen molar-refractivity contribution in [2.24, 2.45) is 11.3 Å². The average molecular weight is 397 g/mol. The molecule has 0 aliphatic heterocycles. The SMILES string of the molecule is C=C[Si](C)(C)OC(CCC12C=CC(CC1)C2)(CO[SiH3])O[Si](C)(C)C=C. The van der Waals surface area contributed by atoms with Gasteiger partial charge in [-0.25, -0.2) is 0 Å². The quantitative estimate of drug-likeness (QED) is 0.300. The Hall–Kier alpha value is -0.249. The van der Waals surface area contributed by atoms with Crippen molar-refractivity contribution in [3.8, 4) is 0 Å². The molecule has 2 aliphatic carbocycles. The fraction of sp³-hybridized carbons (Fsp3) is 0.684. The lowest BCUT2D eigenvalue weighted by Crippen LogP contribution is -2.54. The van der Waals surface area contributed by atoms with Crippen LogP contribution < -0.4 is 0 Å². The summed E-state index contributed by atoms with van der Waals surface area (Å²) in [6.07, 6.45) is 10.8. The van der Waals surface area contributed by atoms with Crippen LogP contribution in [0.15, 0.2) is 36.7 Å². The average Bonchev–Trinajstić information content (AvgIpc) is 3.14. The third-order valence-corrected chi connectivity index (χ3v) is 9.70. The first-order chi connectivity index (χ1) is 11.6. The zero-order valence-electron chi connectivity index (χ0n) is 16.8. The maximum atomic E-state index is 6.67. The highest BCUT2D eigenvalue weighted by molar-refractivity contribution is 6.77. The van der Waals surface area contributed by atoms with Crippen LogP contribution in [0.5, 0.6) is 0 Å². The monoisotopic (exact) mass is 396 g/mol. The van der Waals surface area contributed by atoms with E-state index in [0.717, 1.165) is 18.8 Å². The Balaban J connectivity index is 2.22. The summed E-state index contributed by atoms with van der Waals surface area (Å²) in [5, 5.41) is 0. The highest BCUT2D eigenvalue weighted by Crippen LogP contribution is 2.53. The molecule has 0 saturated heterocycles. The number of hydrogen-bond donors (Lipinski definition) is 0. The molecule has 0 aromatic carbocycles. The molecule has 0 aromatic heterocycles. The van der Waals surface area contributed by atoms with Crippen molar-refractivity contribution in [3.63, 3.8) is 0 Å². The van der Waals surface area contributed by atoms with E-state index < -0.39 is 22.4 Å². The molecule has 0 spiro atoms. The van der Waals surface area contributed by atoms with E-state index in [9.17, 15) is 0 Å². The van der Waals surface area contributed by atoms with Gasteiger partial charge in [0.15, 0.2) is 5.79 Å². The van der Waals surface area contributed by atoms with Crippen LogP contribution in [0.4, 0.5) is 0 Å². The molecular weight excluding hydrogens is 360 g/mol. The molecule has 2 unspecified atom stereocenters. The van der Waals surface area contributed by atoms with Crippen LogP contribution in [-0.2, 0) is 13.3 Å². The van der Waals surface area contributed by atoms with Gasteiger partial charge in [-0.1, -0.05) is 23.6 Å². The first kappa shape index (κ1) is 21.1. The number of rotatable bonds is 11. The third kappa shape index (κ3) is 5.37. The molecule has 142 valence electrons. The Bertz CT molecular complexity index is 508. The summed E-state index contributed by atoms with van der Waals surface area (Å²) in [5.74, 6) is 0.128. The second-order valence-corrected chi connectivity index (χ2v) is 17.1. The predicted octanol–water partition coefficient (Wildman–Crippen LogP) is 4.01. The minimum atomic E-state index is -2.02. The van der Waals surface area contributed by atoms with E-state index >= 15 is 0 Å². The van der Waals surface area contributed by atoms with Crippen molar-refractivity contribution < 1.29 is 13.3 Å². The zero-order valence-corrected chi connectivity index (χ0v) is 20.8. The van der Waals surface area contributed by atoms with Crippen LogP contribution in [0, 0.1) is 11.3 Å². The predicted molar refractivity (Wildman–Crippen MR) is 114 cm³/mol. The molecule has 2 bridgehead atoms. The van der Waals surface area contributed by atoms with Crippen LogP contribution >= 0.6 is 0 Å². The number of hydrogen-bond acceptors (Lipinski definition) is 3. The molecule has 0 N–H and O–H groups in total. The molecule has 0 heterocycles. The molecule has 3 nitrogen and oxygen atoms in total. The standard InChI is InChI=1S/C19H36O3Si3/c1-7-24(3,4)21-19(16-20-23,22-25(5,6)8-2)14-13-18-11-9-17(15-18)10-12-18/h7-9,11,17H,1-2,10,12-16H2,3-6,23H3. The van der Waals surface area contributed by atoms with Crippen LogP contribution in [0.2, 0.25) is 26.2 Å². The van der Waals surface area contributed by atoms with Gasteiger partial charge >= 0.3 is 0 Å². The van der Waals surface area contributed by atoms with Crippen LogP contribution in [-0.4, -0.2) is 39.5 Å². The minimum absolute atomic E-state index is 0.355. The van der Waals surface area contributed by atoms with E-state index in [1.807, 2.05) is 11.4 Å². The van der Waals surface area contributed by atoms with Gasteiger partial charge < -0.3 is 13.3 Å². The van der Waals surface area contributed by atoms with Gasteiger partial charge in [-0.15, -0.1) is 13.2 Å². The first-order valence-corrected chi connectivity index (χ1v) is 16.2. The van der Waals surface area contributed by atoms with Crippen molar-refractivity contribution in [3.05, 3.63) is 36.7 Å². The van der Waals surface area contributed by atoms with E-state index in [1.54, 1.807) is 0 Å². The van der Waals surface area contributed by atoms with Crippen LogP contribution in [0.1, 0.15) is 32.1 Å². The van der Waals surface area contributed by atoms with Crippen LogP contribution in [0.25, 0.3) is 0 Å². The van der Waals surface area contributed by atoms with Crippen molar-refractivity contribution >= 4 is 27.1 Å². The van der Waals surface area contributed by atoms with Gasteiger partial charge in [0.25, 0.3) is 0 Å². The normalized spacial score (nSPS) is 26.3. The molecule has 25 heavy (non-hydrogen) atoms. The lowest BCUT2D eigenvalue weighted by atomic mass is 9.82. The highest BCUT2D eigenvalue weighted by Gasteiger charge is 2.46. The molecule has 1 fully saturated rings. The zero-order chi connectivity index (χ0) is 18.8. The number of fused-ring (bicyclic) bond motifs is 2. The van der Waals surface area contributed by atoms with Gasteiger partial charge in [0.05, 0.1) is 6.61 Å². The second-order valence-electron chi connectivity index (χ2n) is 8.89. The Kier molecular flexibility index (Phi) is 6.55. The summed E-state index contributed by atoms with van der Waals surface area (Å²) < 4.78 is 19.1. The van der Waals surface area contributed by atoms with E-state index in [1.165, 1.54) is 19.3 Å². The molecule has 6 heteroatoms. The third-order valence-electron chi connectivity index (χ3n) is 5.65.